The number of benzene rings is 1. The molecule has 0 spiro atoms. The Morgan fingerprint density at radius 3 is 2.56 bits per heavy atom. The topological polar surface area (TPSA) is 52.3 Å². The summed E-state index contributed by atoms with van der Waals surface area (Å²) in [6, 6.07) is 9.15. The third kappa shape index (κ3) is 4.64. The summed E-state index contributed by atoms with van der Waals surface area (Å²) in [4.78, 5) is 11.4. The Kier molecular flexibility index (Phi) is 4.58. The van der Waals surface area contributed by atoms with E-state index in [-0.39, 0.29) is 11.7 Å². The molecule has 0 atom stereocenters. The first kappa shape index (κ1) is 12.3. The van der Waals surface area contributed by atoms with Crippen LogP contribution in [0.2, 0.25) is 0 Å². The molecule has 0 saturated heterocycles. The monoisotopic (exact) mass is 219 g/mol. The summed E-state index contributed by atoms with van der Waals surface area (Å²) in [6.45, 7) is 3.97. The second-order valence-electron chi connectivity index (χ2n) is 4.03. The molecule has 86 valence electrons. The minimum Gasteiger partial charge on any atom is -0.442 e. The minimum absolute atomic E-state index is 0.0107. The van der Waals surface area contributed by atoms with Crippen molar-refractivity contribution in [2.75, 3.05) is 0 Å². The zero-order chi connectivity index (χ0) is 12.0. The predicted octanol–water partition coefficient (Wildman–Crippen LogP) is 2.48. The van der Waals surface area contributed by atoms with Gasteiger partial charge < -0.3 is 10.5 Å². The van der Waals surface area contributed by atoms with E-state index < -0.39 is 0 Å². The Hall–Kier alpha value is -1.77. The van der Waals surface area contributed by atoms with Crippen molar-refractivity contribution in [3.63, 3.8) is 0 Å². The highest BCUT2D eigenvalue weighted by molar-refractivity contribution is 5.90. The van der Waals surface area contributed by atoms with Crippen molar-refractivity contribution in [3.8, 4) is 5.75 Å². The molecule has 16 heavy (non-hydrogen) atoms. The van der Waals surface area contributed by atoms with E-state index >= 15 is 0 Å². The number of ether oxygens (including phenoxy) is 1. The highest BCUT2D eigenvalue weighted by atomic mass is 16.5. The normalized spacial score (nSPS) is 11.6. The number of carbonyl (C=O) groups excluding carboxylic acids is 1. The number of hydrogen-bond acceptors (Lipinski definition) is 3. The lowest BCUT2D eigenvalue weighted by molar-refractivity contribution is -0.115. The van der Waals surface area contributed by atoms with Crippen LogP contribution >= 0.6 is 0 Å². The molecule has 0 heterocycles. The van der Waals surface area contributed by atoms with Crippen molar-refractivity contribution in [2.24, 2.45) is 11.7 Å². The van der Waals surface area contributed by atoms with E-state index in [2.05, 4.69) is 0 Å². The third-order valence-corrected chi connectivity index (χ3v) is 1.89. The number of allylic oxidation sites excluding steroid dienone is 1. The number of rotatable bonds is 5. The number of ketones is 1. The van der Waals surface area contributed by atoms with Gasteiger partial charge in [0.1, 0.15) is 5.75 Å². The molecule has 1 aromatic rings. The molecule has 0 unspecified atom stereocenters. The van der Waals surface area contributed by atoms with Crippen molar-refractivity contribution >= 4 is 5.78 Å². The highest BCUT2D eigenvalue weighted by Gasteiger charge is 2.04. The van der Waals surface area contributed by atoms with Crippen LogP contribution in [0.15, 0.2) is 42.3 Å². The van der Waals surface area contributed by atoms with Gasteiger partial charge in [0, 0.05) is 12.5 Å². The van der Waals surface area contributed by atoms with Crippen molar-refractivity contribution in [1.29, 1.82) is 0 Å². The Balaban J connectivity index is 2.55. The van der Waals surface area contributed by atoms with Crippen molar-refractivity contribution < 1.29 is 9.53 Å². The molecule has 1 rings (SSSR count). The predicted molar refractivity (Wildman–Crippen MR) is 63.8 cm³/mol. The van der Waals surface area contributed by atoms with Gasteiger partial charge in [-0.05, 0) is 18.1 Å². The van der Waals surface area contributed by atoms with Gasteiger partial charge in [-0.15, -0.1) is 0 Å². The lowest BCUT2D eigenvalue weighted by Gasteiger charge is -2.05. The average Bonchev–Trinajstić information content (AvgIpc) is 2.17. The molecule has 3 nitrogen and oxygen atoms in total. The van der Waals surface area contributed by atoms with Gasteiger partial charge in [-0.2, -0.15) is 0 Å². The summed E-state index contributed by atoms with van der Waals surface area (Å²) < 4.78 is 5.28. The van der Waals surface area contributed by atoms with E-state index in [0.717, 1.165) is 0 Å². The molecule has 2 N–H and O–H groups in total. The van der Waals surface area contributed by atoms with E-state index in [1.807, 2.05) is 32.0 Å². The molecule has 0 fully saturated rings. The molecule has 0 bridgehead atoms. The van der Waals surface area contributed by atoms with Crippen LogP contribution in [0.5, 0.6) is 5.75 Å². The van der Waals surface area contributed by atoms with Crippen LogP contribution in [0.3, 0.4) is 0 Å². The van der Waals surface area contributed by atoms with Gasteiger partial charge in [0.25, 0.3) is 0 Å². The zero-order valence-electron chi connectivity index (χ0n) is 9.64. The molecule has 0 aliphatic heterocycles. The Bertz CT molecular complexity index is 369. The van der Waals surface area contributed by atoms with Gasteiger partial charge in [0.05, 0.1) is 0 Å². The summed E-state index contributed by atoms with van der Waals surface area (Å²) in [5.41, 5.74) is 5.60. The first-order chi connectivity index (χ1) is 7.58. The molecular formula is C13H17NO2. The lowest BCUT2D eigenvalue weighted by atomic mass is 10.1. The smallest absolute Gasteiger partial charge is 0.194 e. The van der Waals surface area contributed by atoms with E-state index in [1.165, 1.54) is 6.08 Å². The van der Waals surface area contributed by atoms with E-state index in [4.69, 9.17) is 10.5 Å². The Morgan fingerprint density at radius 1 is 1.38 bits per heavy atom. The molecule has 0 saturated carbocycles. The van der Waals surface area contributed by atoms with Crippen LogP contribution in [0.1, 0.15) is 20.3 Å². The Morgan fingerprint density at radius 2 is 2.00 bits per heavy atom. The molecule has 0 aliphatic rings. The molecule has 0 amide bonds. The fourth-order valence-electron chi connectivity index (χ4n) is 1.27. The summed E-state index contributed by atoms with van der Waals surface area (Å²) in [5, 5.41) is 0. The molecule has 1 aromatic carbocycles. The van der Waals surface area contributed by atoms with Gasteiger partial charge >= 0.3 is 0 Å². The molecule has 0 radical (unpaired) electrons. The van der Waals surface area contributed by atoms with Crippen LogP contribution in [-0.4, -0.2) is 5.78 Å². The Labute approximate surface area is 95.9 Å². The van der Waals surface area contributed by atoms with Crippen molar-refractivity contribution in [1.82, 2.24) is 0 Å². The quantitative estimate of drug-likeness (QED) is 0.611. The van der Waals surface area contributed by atoms with Gasteiger partial charge in [-0.1, -0.05) is 32.0 Å². The highest BCUT2D eigenvalue weighted by Crippen LogP contribution is 2.11. The SMILES string of the molecule is CC(C)CC(=O)C=C(N)Oc1ccccc1. The molecule has 3 heteroatoms. The van der Waals surface area contributed by atoms with Gasteiger partial charge in [0.15, 0.2) is 11.7 Å². The van der Waals surface area contributed by atoms with Crippen LogP contribution < -0.4 is 10.5 Å². The largest absolute Gasteiger partial charge is 0.442 e. The molecular weight excluding hydrogens is 202 g/mol. The fraction of sp³-hybridized carbons (Fsp3) is 0.308. The second-order valence-corrected chi connectivity index (χ2v) is 4.03. The zero-order valence-corrected chi connectivity index (χ0v) is 9.64. The number of para-hydroxylation sites is 1. The maximum absolute atomic E-state index is 11.4. The van der Waals surface area contributed by atoms with E-state index in [1.54, 1.807) is 12.1 Å². The maximum Gasteiger partial charge on any atom is 0.194 e. The average molecular weight is 219 g/mol. The van der Waals surface area contributed by atoms with Crippen LogP contribution in [0.25, 0.3) is 0 Å². The second kappa shape index (κ2) is 5.95. The summed E-state index contributed by atoms with van der Waals surface area (Å²) >= 11 is 0. The fourth-order valence-corrected chi connectivity index (χ4v) is 1.27. The van der Waals surface area contributed by atoms with Gasteiger partial charge in [-0.25, -0.2) is 0 Å². The van der Waals surface area contributed by atoms with Crippen molar-refractivity contribution in [3.05, 3.63) is 42.3 Å². The van der Waals surface area contributed by atoms with E-state index in [9.17, 15) is 4.79 Å². The standard InChI is InChI=1S/C13H17NO2/c1-10(2)8-11(15)9-13(14)16-12-6-4-3-5-7-12/h3-7,9-10H,8,14H2,1-2H3. The van der Waals surface area contributed by atoms with Crippen LogP contribution in [-0.2, 0) is 4.79 Å². The van der Waals surface area contributed by atoms with Gasteiger partial charge in [0.2, 0.25) is 0 Å². The molecule has 0 aromatic heterocycles. The third-order valence-electron chi connectivity index (χ3n) is 1.89. The van der Waals surface area contributed by atoms with Gasteiger partial charge in [-0.3, -0.25) is 4.79 Å². The first-order valence-electron chi connectivity index (χ1n) is 5.31. The summed E-state index contributed by atoms with van der Waals surface area (Å²) in [5.74, 6) is 1.09. The number of hydrogen-bond donors (Lipinski definition) is 1. The van der Waals surface area contributed by atoms with Crippen LogP contribution in [0, 0.1) is 5.92 Å². The number of carbonyl (C=O) groups is 1. The van der Waals surface area contributed by atoms with Crippen molar-refractivity contribution in [2.45, 2.75) is 20.3 Å². The maximum atomic E-state index is 11.4. The van der Waals surface area contributed by atoms with Crippen LogP contribution in [0.4, 0.5) is 0 Å². The number of nitrogens with two attached hydrogens (primary N) is 1. The molecule has 0 aliphatic carbocycles. The first-order valence-corrected chi connectivity index (χ1v) is 5.31. The lowest BCUT2D eigenvalue weighted by Crippen LogP contribution is -2.10. The summed E-state index contributed by atoms with van der Waals surface area (Å²) in [7, 11) is 0. The minimum atomic E-state index is -0.0107. The van der Waals surface area contributed by atoms with E-state index in [0.29, 0.717) is 18.1 Å². The summed E-state index contributed by atoms with van der Waals surface area (Å²) in [6.07, 6.45) is 1.83.